The van der Waals surface area contributed by atoms with Crippen LogP contribution in [0.15, 0.2) is 17.0 Å². The minimum absolute atomic E-state index is 0.0161. The quantitative estimate of drug-likeness (QED) is 0.841. The minimum atomic E-state index is -3.79. The van der Waals surface area contributed by atoms with Gasteiger partial charge in [0.1, 0.15) is 0 Å². The van der Waals surface area contributed by atoms with Gasteiger partial charge in [-0.05, 0) is 37.1 Å². The Hall–Kier alpha value is -1.44. The highest BCUT2D eigenvalue weighted by Gasteiger charge is 2.14. The summed E-state index contributed by atoms with van der Waals surface area (Å²) in [5, 5.41) is 7.75. The standard InChI is InChI=1S/C12H18N2O4S/c1-8-6-10(19(13,16)17)7-11(9(8)2)14-12(15)4-5-18-3/h6-7H,4-5H2,1-3H3,(H,14,15)(H2,13,16,17). The number of ether oxygens (including phenoxy) is 1. The summed E-state index contributed by atoms with van der Waals surface area (Å²) in [7, 11) is -2.29. The van der Waals surface area contributed by atoms with Crippen molar-refractivity contribution in [2.75, 3.05) is 19.0 Å². The average Bonchev–Trinajstić information content (AvgIpc) is 2.30. The molecular formula is C12H18N2O4S. The van der Waals surface area contributed by atoms with Crippen molar-refractivity contribution in [3.63, 3.8) is 0 Å². The highest BCUT2D eigenvalue weighted by Crippen LogP contribution is 2.23. The normalized spacial score (nSPS) is 11.4. The number of carbonyl (C=O) groups excluding carboxylic acids is 1. The number of sulfonamides is 1. The van der Waals surface area contributed by atoms with Crippen LogP contribution in [-0.2, 0) is 19.6 Å². The lowest BCUT2D eigenvalue weighted by Gasteiger charge is -2.12. The molecule has 0 aliphatic carbocycles. The summed E-state index contributed by atoms with van der Waals surface area (Å²) < 4.78 is 27.5. The summed E-state index contributed by atoms with van der Waals surface area (Å²) in [6.45, 7) is 3.86. The van der Waals surface area contributed by atoms with E-state index in [0.29, 0.717) is 12.3 Å². The zero-order valence-corrected chi connectivity index (χ0v) is 12.0. The third-order valence-electron chi connectivity index (χ3n) is 2.78. The molecule has 1 rings (SSSR count). The van der Waals surface area contributed by atoms with Crippen LogP contribution in [0.25, 0.3) is 0 Å². The van der Waals surface area contributed by atoms with Gasteiger partial charge in [0.15, 0.2) is 0 Å². The molecule has 0 aromatic heterocycles. The molecule has 0 aliphatic rings. The fraction of sp³-hybridized carbons (Fsp3) is 0.417. The van der Waals surface area contributed by atoms with Gasteiger partial charge in [-0.25, -0.2) is 13.6 Å². The van der Waals surface area contributed by atoms with E-state index in [4.69, 9.17) is 9.88 Å². The van der Waals surface area contributed by atoms with Crippen LogP contribution in [0.1, 0.15) is 17.5 Å². The van der Waals surface area contributed by atoms with Crippen LogP contribution in [0, 0.1) is 13.8 Å². The molecule has 3 N–H and O–H groups in total. The summed E-state index contributed by atoms with van der Waals surface area (Å²) in [5.74, 6) is -0.240. The number of nitrogens with two attached hydrogens (primary N) is 1. The van der Waals surface area contributed by atoms with Gasteiger partial charge in [-0.3, -0.25) is 4.79 Å². The third kappa shape index (κ3) is 4.30. The molecule has 1 aromatic rings. The number of hydrogen-bond acceptors (Lipinski definition) is 4. The van der Waals surface area contributed by atoms with Crippen molar-refractivity contribution >= 4 is 21.6 Å². The average molecular weight is 286 g/mol. The molecule has 19 heavy (non-hydrogen) atoms. The molecule has 0 heterocycles. The van der Waals surface area contributed by atoms with E-state index < -0.39 is 10.0 Å². The number of amides is 1. The molecule has 0 radical (unpaired) electrons. The van der Waals surface area contributed by atoms with Crippen LogP contribution in [0.2, 0.25) is 0 Å². The monoisotopic (exact) mass is 286 g/mol. The molecule has 0 saturated heterocycles. The van der Waals surface area contributed by atoms with E-state index in [9.17, 15) is 13.2 Å². The van der Waals surface area contributed by atoms with Crippen molar-refractivity contribution in [2.45, 2.75) is 25.2 Å². The van der Waals surface area contributed by atoms with Crippen LogP contribution < -0.4 is 10.5 Å². The first-order valence-corrected chi connectivity index (χ1v) is 7.23. The molecule has 106 valence electrons. The Bertz CT molecular complexity index is 582. The number of carbonyl (C=O) groups is 1. The first-order chi connectivity index (χ1) is 8.75. The van der Waals surface area contributed by atoms with E-state index in [2.05, 4.69) is 5.32 Å². The van der Waals surface area contributed by atoms with Gasteiger partial charge in [0.25, 0.3) is 0 Å². The molecule has 0 atom stereocenters. The fourth-order valence-electron chi connectivity index (χ4n) is 1.53. The smallest absolute Gasteiger partial charge is 0.238 e. The van der Waals surface area contributed by atoms with E-state index in [1.807, 2.05) is 0 Å². The Morgan fingerprint density at radius 1 is 1.37 bits per heavy atom. The number of rotatable bonds is 5. The molecule has 0 unspecified atom stereocenters. The van der Waals surface area contributed by atoms with E-state index in [0.717, 1.165) is 11.1 Å². The number of aryl methyl sites for hydroxylation is 1. The lowest BCUT2D eigenvalue weighted by molar-refractivity contribution is -0.117. The molecule has 0 saturated carbocycles. The molecular weight excluding hydrogens is 268 g/mol. The van der Waals surface area contributed by atoms with Gasteiger partial charge in [0, 0.05) is 12.8 Å². The first-order valence-electron chi connectivity index (χ1n) is 5.68. The zero-order valence-electron chi connectivity index (χ0n) is 11.2. The van der Waals surface area contributed by atoms with E-state index in [-0.39, 0.29) is 17.2 Å². The lowest BCUT2D eigenvalue weighted by Crippen LogP contribution is -2.17. The van der Waals surface area contributed by atoms with Crippen molar-refractivity contribution < 1.29 is 17.9 Å². The van der Waals surface area contributed by atoms with Crippen LogP contribution in [0.5, 0.6) is 0 Å². The number of hydrogen-bond donors (Lipinski definition) is 2. The third-order valence-corrected chi connectivity index (χ3v) is 3.67. The molecule has 1 aromatic carbocycles. The largest absolute Gasteiger partial charge is 0.384 e. The first kappa shape index (κ1) is 15.6. The molecule has 1 amide bonds. The van der Waals surface area contributed by atoms with E-state index in [1.54, 1.807) is 13.8 Å². The Labute approximate surface area is 113 Å². The highest BCUT2D eigenvalue weighted by atomic mass is 32.2. The number of methoxy groups -OCH3 is 1. The van der Waals surface area contributed by atoms with Crippen molar-refractivity contribution in [2.24, 2.45) is 5.14 Å². The van der Waals surface area contributed by atoms with Crippen molar-refractivity contribution in [1.29, 1.82) is 0 Å². The maximum atomic E-state index is 11.6. The van der Waals surface area contributed by atoms with Crippen molar-refractivity contribution in [3.8, 4) is 0 Å². The number of benzene rings is 1. The highest BCUT2D eigenvalue weighted by molar-refractivity contribution is 7.89. The second-order valence-electron chi connectivity index (χ2n) is 4.25. The van der Waals surface area contributed by atoms with E-state index in [1.165, 1.54) is 19.2 Å². The molecule has 0 aliphatic heterocycles. The lowest BCUT2D eigenvalue weighted by atomic mass is 10.1. The van der Waals surface area contributed by atoms with Crippen LogP contribution in [-0.4, -0.2) is 28.0 Å². The number of primary sulfonamides is 1. The Balaban J connectivity index is 3.07. The van der Waals surface area contributed by atoms with Gasteiger partial charge in [-0.2, -0.15) is 0 Å². The van der Waals surface area contributed by atoms with Crippen LogP contribution >= 0.6 is 0 Å². The number of nitrogens with one attached hydrogen (secondary N) is 1. The van der Waals surface area contributed by atoms with Gasteiger partial charge in [0.2, 0.25) is 15.9 Å². The summed E-state index contributed by atoms with van der Waals surface area (Å²) in [6.07, 6.45) is 0.203. The predicted octanol–water partition coefficient (Wildman–Crippen LogP) is 0.926. The summed E-state index contributed by atoms with van der Waals surface area (Å²) in [4.78, 5) is 11.6. The molecule has 6 nitrogen and oxygen atoms in total. The van der Waals surface area contributed by atoms with Gasteiger partial charge >= 0.3 is 0 Å². The van der Waals surface area contributed by atoms with Crippen LogP contribution in [0.3, 0.4) is 0 Å². The maximum Gasteiger partial charge on any atom is 0.238 e. The van der Waals surface area contributed by atoms with Gasteiger partial charge in [0.05, 0.1) is 17.9 Å². The Kier molecular flexibility index (Phi) is 5.04. The second kappa shape index (κ2) is 6.14. The number of anilines is 1. The molecule has 7 heteroatoms. The van der Waals surface area contributed by atoms with Crippen LogP contribution in [0.4, 0.5) is 5.69 Å². The Morgan fingerprint density at radius 2 is 2.00 bits per heavy atom. The fourth-order valence-corrected chi connectivity index (χ4v) is 2.15. The van der Waals surface area contributed by atoms with Crippen molar-refractivity contribution in [1.82, 2.24) is 0 Å². The van der Waals surface area contributed by atoms with E-state index >= 15 is 0 Å². The topological polar surface area (TPSA) is 98.5 Å². The maximum absolute atomic E-state index is 11.6. The summed E-state index contributed by atoms with van der Waals surface area (Å²) in [6, 6.07) is 2.85. The summed E-state index contributed by atoms with van der Waals surface area (Å²) >= 11 is 0. The molecule has 0 fully saturated rings. The van der Waals surface area contributed by atoms with Gasteiger partial charge in [-0.1, -0.05) is 0 Å². The Morgan fingerprint density at radius 3 is 2.53 bits per heavy atom. The SMILES string of the molecule is COCCC(=O)Nc1cc(S(N)(=O)=O)cc(C)c1C. The second-order valence-corrected chi connectivity index (χ2v) is 5.81. The minimum Gasteiger partial charge on any atom is -0.384 e. The van der Waals surface area contributed by atoms with Gasteiger partial charge in [-0.15, -0.1) is 0 Å². The van der Waals surface area contributed by atoms with Crippen molar-refractivity contribution in [3.05, 3.63) is 23.3 Å². The zero-order chi connectivity index (χ0) is 14.6. The summed E-state index contributed by atoms with van der Waals surface area (Å²) in [5.41, 5.74) is 2.00. The predicted molar refractivity (Wildman–Crippen MR) is 72.4 cm³/mol. The molecule has 0 spiro atoms. The van der Waals surface area contributed by atoms with Gasteiger partial charge < -0.3 is 10.1 Å². The molecule has 0 bridgehead atoms.